The van der Waals surface area contributed by atoms with Gasteiger partial charge in [-0.3, -0.25) is 9.59 Å². The summed E-state index contributed by atoms with van der Waals surface area (Å²) in [6.07, 6.45) is 5.23. The van der Waals surface area contributed by atoms with Gasteiger partial charge in [0.2, 0.25) is 10.0 Å². The zero-order valence-corrected chi connectivity index (χ0v) is 18.7. The van der Waals surface area contributed by atoms with Crippen LogP contribution in [-0.4, -0.2) is 64.8 Å². The van der Waals surface area contributed by atoms with Crippen LogP contribution in [0, 0.1) is 6.92 Å². The molecule has 0 atom stereocenters. The van der Waals surface area contributed by atoms with Gasteiger partial charge in [0.1, 0.15) is 10.6 Å². The van der Waals surface area contributed by atoms with Gasteiger partial charge < -0.3 is 19.8 Å². The molecular weight excluding hydrogens is 430 g/mol. The van der Waals surface area contributed by atoms with Crippen molar-refractivity contribution in [1.82, 2.24) is 18.3 Å². The normalized spacial score (nSPS) is 15.1. The van der Waals surface area contributed by atoms with Gasteiger partial charge in [-0.15, -0.1) is 0 Å². The van der Waals surface area contributed by atoms with Gasteiger partial charge in [0.05, 0.1) is 0 Å². The number of hydrogen-bond donors (Lipinski definition) is 1. The molecule has 32 heavy (non-hydrogen) atoms. The molecule has 10 heteroatoms. The molecule has 2 amide bonds. The average Bonchev–Trinajstić information content (AvgIpc) is 3.44. The van der Waals surface area contributed by atoms with E-state index in [4.69, 9.17) is 5.73 Å². The SMILES string of the molecule is Cc1ccc(C(=O)N2CCN(S(=O)(=O)c3cc(C(N)=O)n(C)c3)CC2)cc1-n1cccc1. The molecule has 0 radical (unpaired) electrons. The quantitative estimate of drug-likeness (QED) is 0.626. The van der Waals surface area contributed by atoms with Crippen LogP contribution < -0.4 is 5.73 Å². The van der Waals surface area contributed by atoms with E-state index in [1.807, 2.05) is 48.1 Å². The van der Waals surface area contributed by atoms with E-state index in [0.29, 0.717) is 5.56 Å². The number of aromatic nitrogens is 2. The predicted molar refractivity (Wildman–Crippen MR) is 119 cm³/mol. The van der Waals surface area contributed by atoms with Crippen molar-refractivity contribution in [2.24, 2.45) is 12.8 Å². The largest absolute Gasteiger partial charge is 0.364 e. The van der Waals surface area contributed by atoms with Crippen molar-refractivity contribution in [3.8, 4) is 5.69 Å². The Balaban J connectivity index is 1.48. The summed E-state index contributed by atoms with van der Waals surface area (Å²) in [5.41, 5.74) is 7.95. The minimum Gasteiger partial charge on any atom is -0.364 e. The molecule has 1 fully saturated rings. The van der Waals surface area contributed by atoms with Gasteiger partial charge in [-0.05, 0) is 42.8 Å². The van der Waals surface area contributed by atoms with Crippen LogP contribution in [0.5, 0.6) is 0 Å². The number of rotatable bonds is 5. The maximum absolute atomic E-state index is 13.1. The van der Waals surface area contributed by atoms with Crippen LogP contribution >= 0.6 is 0 Å². The molecular formula is C22H25N5O4S. The lowest BCUT2D eigenvalue weighted by molar-refractivity contribution is 0.0697. The van der Waals surface area contributed by atoms with Crippen LogP contribution in [0.25, 0.3) is 5.69 Å². The van der Waals surface area contributed by atoms with Gasteiger partial charge in [0.25, 0.3) is 11.8 Å². The molecule has 0 spiro atoms. The number of benzene rings is 1. The second-order valence-electron chi connectivity index (χ2n) is 7.82. The standard InChI is InChI=1S/C22H25N5O4S/c1-16-5-6-17(13-19(16)25-7-3-4-8-25)22(29)26-9-11-27(12-10-26)32(30,31)18-14-20(21(23)28)24(2)15-18/h3-8,13-15H,9-12H2,1-2H3,(H2,23,28). The maximum atomic E-state index is 13.1. The summed E-state index contributed by atoms with van der Waals surface area (Å²) in [6, 6.07) is 10.7. The first kappa shape index (κ1) is 21.8. The highest BCUT2D eigenvalue weighted by Gasteiger charge is 2.32. The molecule has 1 aromatic carbocycles. The van der Waals surface area contributed by atoms with E-state index in [2.05, 4.69) is 0 Å². The number of amides is 2. The van der Waals surface area contributed by atoms with Gasteiger partial charge in [0.15, 0.2) is 0 Å². The molecule has 0 saturated carbocycles. The van der Waals surface area contributed by atoms with Gasteiger partial charge >= 0.3 is 0 Å². The Bertz CT molecular complexity index is 1270. The fourth-order valence-corrected chi connectivity index (χ4v) is 5.39. The van der Waals surface area contributed by atoms with E-state index in [0.717, 1.165) is 11.3 Å². The third-order valence-corrected chi connectivity index (χ3v) is 7.60. The van der Waals surface area contributed by atoms with Crippen LogP contribution in [0.3, 0.4) is 0 Å². The van der Waals surface area contributed by atoms with E-state index in [9.17, 15) is 18.0 Å². The fourth-order valence-electron chi connectivity index (χ4n) is 3.90. The first-order chi connectivity index (χ1) is 15.2. The van der Waals surface area contributed by atoms with Crippen LogP contribution in [0.1, 0.15) is 26.4 Å². The van der Waals surface area contributed by atoms with Crippen LogP contribution in [-0.2, 0) is 17.1 Å². The highest BCUT2D eigenvalue weighted by Crippen LogP contribution is 2.22. The number of carbonyl (C=O) groups excluding carboxylic acids is 2. The molecule has 0 bridgehead atoms. The first-order valence-electron chi connectivity index (χ1n) is 10.2. The summed E-state index contributed by atoms with van der Waals surface area (Å²) < 4.78 is 30.7. The summed E-state index contributed by atoms with van der Waals surface area (Å²) >= 11 is 0. The highest BCUT2D eigenvalue weighted by molar-refractivity contribution is 7.89. The number of aryl methyl sites for hydroxylation is 2. The lowest BCUT2D eigenvalue weighted by atomic mass is 10.1. The van der Waals surface area contributed by atoms with Crippen molar-refractivity contribution in [1.29, 1.82) is 0 Å². The van der Waals surface area contributed by atoms with Gasteiger partial charge in [-0.25, -0.2) is 8.42 Å². The van der Waals surface area contributed by atoms with Gasteiger partial charge in [0, 0.05) is 63.1 Å². The number of primary amides is 1. The zero-order valence-electron chi connectivity index (χ0n) is 17.9. The molecule has 1 aliphatic heterocycles. The van der Waals surface area contributed by atoms with Crippen molar-refractivity contribution >= 4 is 21.8 Å². The molecule has 3 heterocycles. The minimum absolute atomic E-state index is 0.0171. The average molecular weight is 456 g/mol. The number of piperazine rings is 1. The number of sulfonamides is 1. The first-order valence-corrected chi connectivity index (χ1v) is 11.6. The minimum atomic E-state index is -3.79. The number of carbonyl (C=O) groups is 2. The molecule has 1 saturated heterocycles. The monoisotopic (exact) mass is 455 g/mol. The van der Waals surface area contributed by atoms with Crippen LogP contribution in [0.15, 0.2) is 59.9 Å². The predicted octanol–water partition coefficient (Wildman–Crippen LogP) is 1.37. The molecule has 1 aliphatic rings. The third-order valence-electron chi connectivity index (χ3n) is 5.73. The Hall–Kier alpha value is -3.37. The number of nitrogens with zero attached hydrogens (tertiary/aromatic N) is 4. The molecule has 2 aromatic heterocycles. The van der Waals surface area contributed by atoms with Crippen molar-refractivity contribution in [2.75, 3.05) is 26.2 Å². The smallest absolute Gasteiger partial charge is 0.265 e. The zero-order chi connectivity index (χ0) is 23.0. The molecule has 0 aliphatic carbocycles. The summed E-state index contributed by atoms with van der Waals surface area (Å²) in [5, 5.41) is 0. The molecule has 3 aromatic rings. The summed E-state index contributed by atoms with van der Waals surface area (Å²) in [7, 11) is -2.22. The topological polar surface area (TPSA) is 111 Å². The van der Waals surface area contributed by atoms with E-state index in [1.165, 1.54) is 21.1 Å². The molecule has 4 rings (SSSR count). The number of nitrogens with two attached hydrogens (primary N) is 1. The maximum Gasteiger partial charge on any atom is 0.265 e. The third kappa shape index (κ3) is 3.94. The Morgan fingerprint density at radius 2 is 1.66 bits per heavy atom. The van der Waals surface area contributed by atoms with Gasteiger partial charge in [-0.1, -0.05) is 6.07 Å². The number of hydrogen-bond acceptors (Lipinski definition) is 4. The second-order valence-corrected chi connectivity index (χ2v) is 9.76. The van der Waals surface area contributed by atoms with E-state index >= 15 is 0 Å². The van der Waals surface area contributed by atoms with Crippen molar-refractivity contribution < 1.29 is 18.0 Å². The summed E-state index contributed by atoms with van der Waals surface area (Å²) in [5.74, 6) is -0.826. The highest BCUT2D eigenvalue weighted by atomic mass is 32.2. The van der Waals surface area contributed by atoms with Crippen molar-refractivity contribution in [3.05, 3.63) is 71.8 Å². The Labute approximate surface area is 186 Å². The van der Waals surface area contributed by atoms with Crippen LogP contribution in [0.2, 0.25) is 0 Å². The molecule has 9 nitrogen and oxygen atoms in total. The fraction of sp³-hybridized carbons (Fsp3) is 0.273. The Kier molecular flexibility index (Phi) is 5.66. The molecule has 2 N–H and O–H groups in total. The van der Waals surface area contributed by atoms with Crippen molar-refractivity contribution in [3.63, 3.8) is 0 Å². The lowest BCUT2D eigenvalue weighted by Gasteiger charge is -2.34. The van der Waals surface area contributed by atoms with E-state index in [-0.39, 0.29) is 42.7 Å². The lowest BCUT2D eigenvalue weighted by Crippen LogP contribution is -2.50. The van der Waals surface area contributed by atoms with Gasteiger partial charge in [-0.2, -0.15) is 4.31 Å². The summed E-state index contributed by atoms with van der Waals surface area (Å²) in [6.45, 7) is 2.89. The molecule has 0 unspecified atom stereocenters. The van der Waals surface area contributed by atoms with E-state index < -0.39 is 15.9 Å². The molecule has 168 valence electrons. The Morgan fingerprint density at radius 1 is 1.00 bits per heavy atom. The second kappa shape index (κ2) is 8.29. The van der Waals surface area contributed by atoms with E-state index in [1.54, 1.807) is 18.0 Å². The summed E-state index contributed by atoms with van der Waals surface area (Å²) in [4.78, 5) is 26.2. The van der Waals surface area contributed by atoms with Crippen molar-refractivity contribution in [2.45, 2.75) is 11.8 Å². The van der Waals surface area contributed by atoms with Crippen LogP contribution in [0.4, 0.5) is 0 Å². The Morgan fingerprint density at radius 3 is 2.25 bits per heavy atom.